The highest BCUT2D eigenvalue weighted by Crippen LogP contribution is 2.72. The second-order valence-electron chi connectivity index (χ2n) is 16.4. The number of aliphatic hydroxyl groups is 6. The van der Waals surface area contributed by atoms with E-state index in [-0.39, 0.29) is 25.2 Å². The maximum atomic E-state index is 13.9. The molecule has 3 aliphatic heterocycles. The van der Waals surface area contributed by atoms with E-state index in [4.69, 9.17) is 33.2 Å². The zero-order chi connectivity index (χ0) is 40.0. The molecule has 2 bridgehead atoms. The van der Waals surface area contributed by atoms with Crippen molar-refractivity contribution in [1.82, 2.24) is 0 Å². The molecule has 17 atom stereocenters. The molecule has 0 aromatic rings. The highest BCUT2D eigenvalue weighted by Gasteiger charge is 2.85. The van der Waals surface area contributed by atoms with Crippen molar-refractivity contribution in [3.63, 3.8) is 0 Å². The van der Waals surface area contributed by atoms with Gasteiger partial charge in [0.25, 0.3) is 0 Å². The number of allylic oxidation sites excluding steroid dienone is 2. The maximum absolute atomic E-state index is 13.9. The van der Waals surface area contributed by atoms with Crippen LogP contribution in [0.1, 0.15) is 54.4 Å². The zero-order valence-electron chi connectivity index (χ0n) is 31.1. The Hall–Kier alpha value is -3.23. The van der Waals surface area contributed by atoms with E-state index >= 15 is 0 Å². The normalized spacial score (nSPS) is 45.9. The third-order valence-corrected chi connectivity index (χ3v) is 13.2. The van der Waals surface area contributed by atoms with E-state index in [1.807, 2.05) is 0 Å². The molecule has 3 unspecified atom stereocenters. The summed E-state index contributed by atoms with van der Waals surface area (Å²) in [5.41, 5.74) is -6.39. The minimum atomic E-state index is -2.41. The molecule has 6 N–H and O–H groups in total. The van der Waals surface area contributed by atoms with E-state index in [0.717, 1.165) is 7.11 Å². The summed E-state index contributed by atoms with van der Waals surface area (Å²) in [7, 11) is 1.03. The Kier molecular flexibility index (Phi) is 10.3. The lowest BCUT2D eigenvalue weighted by molar-refractivity contribution is -0.296. The van der Waals surface area contributed by atoms with Gasteiger partial charge in [0.15, 0.2) is 11.5 Å². The number of aliphatic hydroxyl groups excluding tert-OH is 6. The van der Waals surface area contributed by atoms with Gasteiger partial charge in [-0.2, -0.15) is 0 Å². The average molecular weight is 771 g/mol. The van der Waals surface area contributed by atoms with Gasteiger partial charge >= 0.3 is 23.9 Å². The second-order valence-corrected chi connectivity index (χ2v) is 16.4. The number of Topliss-reactive ketones (excluding diaryl/α,β-unsaturated/α-hetero) is 1. The summed E-state index contributed by atoms with van der Waals surface area (Å²) in [5, 5.41) is 65.1. The van der Waals surface area contributed by atoms with Crippen LogP contribution in [-0.2, 0) is 57.1 Å². The van der Waals surface area contributed by atoms with Gasteiger partial charge in [0.05, 0.1) is 38.8 Å². The molecule has 0 radical (unpaired) electrons. The Morgan fingerprint density at radius 1 is 1.04 bits per heavy atom. The molecular weight excluding hydrogens is 720 g/mol. The monoisotopic (exact) mass is 770 g/mol. The van der Waals surface area contributed by atoms with E-state index < -0.39 is 143 Å². The van der Waals surface area contributed by atoms with Gasteiger partial charge in [0.2, 0.25) is 18.0 Å². The van der Waals surface area contributed by atoms with Crippen molar-refractivity contribution in [2.75, 3.05) is 20.3 Å². The lowest BCUT2D eigenvalue weighted by Gasteiger charge is -2.67. The first-order valence-corrected chi connectivity index (χ1v) is 18.1. The molecule has 18 nitrogen and oxygen atoms in total. The molecule has 1 spiro atoms. The molecule has 6 rings (SSSR count). The summed E-state index contributed by atoms with van der Waals surface area (Å²) in [6, 6.07) is 0. The summed E-state index contributed by atoms with van der Waals surface area (Å²) in [4.78, 5) is 66.9. The highest BCUT2D eigenvalue weighted by atomic mass is 16.7. The summed E-state index contributed by atoms with van der Waals surface area (Å²) in [5.74, 6) is -9.41. The van der Waals surface area contributed by atoms with Gasteiger partial charge in [-0.25, -0.2) is 9.59 Å². The number of rotatable bonds is 9. The van der Waals surface area contributed by atoms with Crippen LogP contribution >= 0.6 is 0 Å². The minimum Gasteiger partial charge on any atom is -0.467 e. The van der Waals surface area contributed by atoms with Gasteiger partial charge in [0, 0.05) is 30.1 Å². The van der Waals surface area contributed by atoms with E-state index in [9.17, 15) is 54.6 Å². The molecule has 3 saturated heterocycles. The fraction of sp³-hybridized carbons (Fsp3) is 0.806. The molecule has 6 aliphatic rings. The maximum Gasteiger partial charge on any atom is 0.348 e. The van der Waals surface area contributed by atoms with Gasteiger partial charge in [-0.15, -0.1) is 0 Å². The van der Waals surface area contributed by atoms with Crippen molar-refractivity contribution in [2.45, 2.75) is 121 Å². The number of hydrogen-bond acceptors (Lipinski definition) is 18. The van der Waals surface area contributed by atoms with E-state index in [1.54, 1.807) is 34.6 Å². The standard InChI is InChI=1S/C36H50O18/c1-13(33(4,5)54-15(3)38)8-20(39)53-26-28-35-12-49-36(28,32(47)48-7)29(45)25(44)27(35)34(6)10-17(21(40)14(2)16(34)9-19(35)52-30(26)46)50-31-24(43)23(42)22(41)18(11-37)51-31/h10,13-14,16,18-19,22-29,31,37,41-45H,8-9,11-12H2,1-7H3/t13?,14-,16-,18+,19+,22+,23-,24+,25?,26+,27?,28+,29-,31+,34-,35+,36-/m0/s1. The second kappa shape index (κ2) is 13.8. The van der Waals surface area contributed by atoms with Crippen LogP contribution in [0, 0.1) is 40.4 Å². The molecule has 2 saturated carbocycles. The summed E-state index contributed by atoms with van der Waals surface area (Å²) < 4.78 is 39.9. The van der Waals surface area contributed by atoms with Crippen LogP contribution in [-0.4, -0.2) is 147 Å². The quantitative estimate of drug-likeness (QED) is 0.110. The lowest BCUT2D eigenvalue weighted by Crippen LogP contribution is -2.79. The van der Waals surface area contributed by atoms with Crippen LogP contribution in [0.5, 0.6) is 0 Å². The first kappa shape index (κ1) is 40.4. The van der Waals surface area contributed by atoms with Crippen LogP contribution in [0.3, 0.4) is 0 Å². The molecule has 0 aromatic carbocycles. The number of fused-ring (bicyclic) bond motifs is 2. The zero-order valence-corrected chi connectivity index (χ0v) is 31.1. The van der Waals surface area contributed by atoms with Crippen molar-refractivity contribution < 1.29 is 87.8 Å². The molecule has 54 heavy (non-hydrogen) atoms. The smallest absolute Gasteiger partial charge is 0.348 e. The van der Waals surface area contributed by atoms with E-state index in [1.165, 1.54) is 13.0 Å². The van der Waals surface area contributed by atoms with Crippen LogP contribution in [0.15, 0.2) is 11.8 Å². The van der Waals surface area contributed by atoms with E-state index in [0.29, 0.717) is 0 Å². The molecule has 3 heterocycles. The Morgan fingerprint density at radius 3 is 2.31 bits per heavy atom. The van der Waals surface area contributed by atoms with Crippen LogP contribution in [0.2, 0.25) is 0 Å². The summed E-state index contributed by atoms with van der Waals surface area (Å²) in [6.07, 6.45) is -14.1. The molecule has 0 amide bonds. The Labute approximate surface area is 310 Å². The lowest BCUT2D eigenvalue weighted by atomic mass is 9.38. The fourth-order valence-corrected chi connectivity index (χ4v) is 10.3. The molecular formula is C36H50O18. The van der Waals surface area contributed by atoms with Crippen LogP contribution in [0.4, 0.5) is 0 Å². The summed E-state index contributed by atoms with van der Waals surface area (Å²) >= 11 is 0. The topological polar surface area (TPSA) is 271 Å². The number of carbonyl (C=O) groups excluding carboxylic acids is 5. The Bertz CT molecular complexity index is 1590. The highest BCUT2D eigenvalue weighted by molar-refractivity contribution is 5.97. The van der Waals surface area contributed by atoms with Crippen molar-refractivity contribution in [3.05, 3.63) is 11.8 Å². The number of hydrogen-bond donors (Lipinski definition) is 6. The molecule has 5 fully saturated rings. The summed E-state index contributed by atoms with van der Waals surface area (Å²) in [6.45, 7) is 8.23. The average Bonchev–Trinajstić information content (AvgIpc) is 3.41. The van der Waals surface area contributed by atoms with Crippen molar-refractivity contribution in [2.24, 2.45) is 40.4 Å². The number of ketones is 1. The number of ether oxygens (including phenoxy) is 7. The van der Waals surface area contributed by atoms with Gasteiger partial charge in [-0.05, 0) is 37.7 Å². The van der Waals surface area contributed by atoms with Gasteiger partial charge in [-0.3, -0.25) is 14.4 Å². The van der Waals surface area contributed by atoms with Crippen molar-refractivity contribution in [1.29, 1.82) is 0 Å². The van der Waals surface area contributed by atoms with Gasteiger partial charge in [0.1, 0.15) is 42.2 Å². The largest absolute Gasteiger partial charge is 0.467 e. The molecule has 0 aromatic heterocycles. The van der Waals surface area contributed by atoms with Crippen LogP contribution < -0.4 is 0 Å². The SMILES string of the molecule is COC(=O)[C@@]12OC[C@]34C(C(O)[C@@H]1O)[C@@]1(C)C=C(O[C@@H]5O[C@H](CO)[C@@H](O)[C@H](O)[C@H]5O)C(=O)[C@@H](C)[C@@H]1C[C@H]3OC(=O)[C@H](OC(=O)CC(C)C(C)(C)OC(C)=O)[C@@H]24. The van der Waals surface area contributed by atoms with Crippen LogP contribution in [0.25, 0.3) is 0 Å². The molecule has 3 aliphatic carbocycles. The van der Waals surface area contributed by atoms with Crippen molar-refractivity contribution >= 4 is 29.7 Å². The fourth-order valence-electron chi connectivity index (χ4n) is 10.3. The number of carbonyl (C=O) groups is 5. The first-order chi connectivity index (χ1) is 25.1. The minimum absolute atomic E-state index is 0.00365. The van der Waals surface area contributed by atoms with Crippen molar-refractivity contribution in [3.8, 4) is 0 Å². The number of methoxy groups -OCH3 is 1. The first-order valence-electron chi connectivity index (χ1n) is 18.1. The molecule has 302 valence electrons. The number of esters is 4. The van der Waals surface area contributed by atoms with E-state index in [2.05, 4.69) is 0 Å². The third-order valence-electron chi connectivity index (χ3n) is 13.2. The Balaban J connectivity index is 1.42. The predicted octanol–water partition coefficient (Wildman–Crippen LogP) is -1.97. The van der Waals surface area contributed by atoms with Gasteiger partial charge in [-0.1, -0.05) is 20.8 Å². The Morgan fingerprint density at radius 2 is 1.70 bits per heavy atom. The third kappa shape index (κ3) is 5.70. The molecule has 18 heteroatoms. The predicted molar refractivity (Wildman–Crippen MR) is 175 cm³/mol. The van der Waals surface area contributed by atoms with Gasteiger partial charge < -0.3 is 63.8 Å².